The summed E-state index contributed by atoms with van der Waals surface area (Å²) in [5, 5.41) is 21.5. The molecular weight excluding hydrogens is 378 g/mol. The zero-order valence-corrected chi connectivity index (χ0v) is 19.8. The van der Waals surface area contributed by atoms with Crippen LogP contribution in [0, 0.1) is 17.8 Å². The molecule has 0 spiro atoms. The van der Waals surface area contributed by atoms with Gasteiger partial charge in [0.2, 0.25) is 0 Å². The molecule has 0 aromatic rings. The maximum absolute atomic E-state index is 11.2. The van der Waals surface area contributed by atoms with Crippen LogP contribution in [0.15, 0.2) is 24.3 Å². The van der Waals surface area contributed by atoms with Crippen LogP contribution < -0.4 is 0 Å². The van der Waals surface area contributed by atoms with Gasteiger partial charge in [0.15, 0.2) is 0 Å². The van der Waals surface area contributed by atoms with E-state index in [2.05, 4.69) is 48.9 Å². The van der Waals surface area contributed by atoms with Gasteiger partial charge in [-0.2, -0.15) is 0 Å². The lowest BCUT2D eigenvalue weighted by Gasteiger charge is -2.26. The van der Waals surface area contributed by atoms with Gasteiger partial charge in [-0.25, -0.2) is 0 Å². The van der Waals surface area contributed by atoms with Gasteiger partial charge >= 0.3 is 5.97 Å². The van der Waals surface area contributed by atoms with E-state index in [0.717, 1.165) is 57.9 Å². The van der Waals surface area contributed by atoms with Gasteiger partial charge in [-0.1, -0.05) is 50.5 Å². The maximum atomic E-state index is 11.2. The number of allylic oxidation sites excluding steroid dienone is 3. The standard InChI is InChI=1S/C25H45NO4/c1-6-7-12-16-25(2,29)17-15-21-20(19-26(3)4)18-23(27)22(21)13-10-8-9-11-14-24(28)30-5/h8,10,15,17,20-23,27,29H,6-7,9,11-14,16,18-19H2,1-5H3/b10-8-,17-15+/t20-,21-,22+,23-,25?/m0/s1. The maximum Gasteiger partial charge on any atom is 0.305 e. The largest absolute Gasteiger partial charge is 0.469 e. The fourth-order valence-electron chi connectivity index (χ4n) is 4.50. The van der Waals surface area contributed by atoms with Crippen molar-refractivity contribution in [3.05, 3.63) is 24.3 Å². The highest BCUT2D eigenvalue weighted by atomic mass is 16.5. The summed E-state index contributed by atoms with van der Waals surface area (Å²) in [6.07, 6.45) is 15.8. The number of rotatable bonds is 14. The first kappa shape index (κ1) is 26.9. The van der Waals surface area contributed by atoms with Crippen LogP contribution in [0.25, 0.3) is 0 Å². The van der Waals surface area contributed by atoms with Crippen molar-refractivity contribution in [2.24, 2.45) is 17.8 Å². The highest BCUT2D eigenvalue weighted by Gasteiger charge is 2.40. The van der Waals surface area contributed by atoms with Crippen LogP contribution >= 0.6 is 0 Å². The lowest BCUT2D eigenvalue weighted by Crippen LogP contribution is -2.27. The molecule has 5 atom stereocenters. The lowest BCUT2D eigenvalue weighted by molar-refractivity contribution is -0.140. The van der Waals surface area contributed by atoms with E-state index in [0.29, 0.717) is 12.3 Å². The molecule has 0 radical (unpaired) electrons. The number of methoxy groups -OCH3 is 1. The summed E-state index contributed by atoms with van der Waals surface area (Å²) in [7, 11) is 5.56. The molecule has 174 valence electrons. The van der Waals surface area contributed by atoms with Gasteiger partial charge in [0.25, 0.3) is 0 Å². The Balaban J connectivity index is 2.73. The molecular formula is C25H45NO4. The summed E-state index contributed by atoms with van der Waals surface area (Å²) in [5.41, 5.74) is -0.792. The predicted molar refractivity (Wildman–Crippen MR) is 123 cm³/mol. The number of aliphatic hydroxyl groups is 2. The Bertz CT molecular complexity index is 541. The van der Waals surface area contributed by atoms with E-state index in [1.165, 1.54) is 7.11 Å². The molecule has 1 unspecified atom stereocenters. The third kappa shape index (κ3) is 10.2. The fraction of sp³-hybridized carbons (Fsp3) is 0.800. The van der Waals surface area contributed by atoms with Crippen molar-refractivity contribution in [1.29, 1.82) is 0 Å². The number of ether oxygens (including phenoxy) is 1. The summed E-state index contributed by atoms with van der Waals surface area (Å²) in [5.74, 6) is 0.627. The van der Waals surface area contributed by atoms with Gasteiger partial charge in [0, 0.05) is 13.0 Å². The minimum absolute atomic E-state index is 0.162. The monoisotopic (exact) mass is 423 g/mol. The van der Waals surface area contributed by atoms with Crippen molar-refractivity contribution in [2.75, 3.05) is 27.7 Å². The Morgan fingerprint density at radius 3 is 2.60 bits per heavy atom. The zero-order valence-electron chi connectivity index (χ0n) is 19.8. The first-order valence-electron chi connectivity index (χ1n) is 11.7. The molecule has 30 heavy (non-hydrogen) atoms. The highest BCUT2D eigenvalue weighted by Crippen LogP contribution is 2.41. The van der Waals surface area contributed by atoms with Crippen molar-refractivity contribution in [3.8, 4) is 0 Å². The fourth-order valence-corrected chi connectivity index (χ4v) is 4.50. The molecule has 1 rings (SSSR count). The van der Waals surface area contributed by atoms with Crippen LogP contribution in [0.4, 0.5) is 0 Å². The molecule has 5 heteroatoms. The molecule has 1 fully saturated rings. The second-order valence-electron chi connectivity index (χ2n) is 9.42. The number of hydrogen-bond acceptors (Lipinski definition) is 5. The highest BCUT2D eigenvalue weighted by molar-refractivity contribution is 5.69. The topological polar surface area (TPSA) is 70.0 Å². The second-order valence-corrected chi connectivity index (χ2v) is 9.42. The van der Waals surface area contributed by atoms with Crippen molar-refractivity contribution in [3.63, 3.8) is 0 Å². The molecule has 0 amide bonds. The van der Waals surface area contributed by atoms with Crippen LogP contribution in [0.5, 0.6) is 0 Å². The Morgan fingerprint density at radius 1 is 1.23 bits per heavy atom. The quantitative estimate of drug-likeness (QED) is 0.247. The Hall–Kier alpha value is -1.17. The Morgan fingerprint density at radius 2 is 1.97 bits per heavy atom. The average Bonchev–Trinajstić information content (AvgIpc) is 2.96. The summed E-state index contributed by atoms with van der Waals surface area (Å²) in [4.78, 5) is 13.4. The Labute approximate surface area is 184 Å². The van der Waals surface area contributed by atoms with Crippen LogP contribution in [0.3, 0.4) is 0 Å². The van der Waals surface area contributed by atoms with E-state index >= 15 is 0 Å². The molecule has 2 N–H and O–H groups in total. The first-order valence-corrected chi connectivity index (χ1v) is 11.7. The van der Waals surface area contributed by atoms with E-state index < -0.39 is 5.60 Å². The van der Waals surface area contributed by atoms with Crippen LogP contribution in [0.1, 0.15) is 71.6 Å². The van der Waals surface area contributed by atoms with Crippen LogP contribution in [-0.4, -0.2) is 60.5 Å². The van der Waals surface area contributed by atoms with Gasteiger partial charge in [-0.3, -0.25) is 4.79 Å². The lowest BCUT2D eigenvalue weighted by atomic mass is 9.84. The molecule has 5 nitrogen and oxygen atoms in total. The molecule has 1 aliphatic carbocycles. The van der Waals surface area contributed by atoms with Gasteiger partial charge < -0.3 is 19.8 Å². The molecule has 0 aromatic heterocycles. The van der Waals surface area contributed by atoms with Crippen molar-refractivity contribution in [1.82, 2.24) is 4.90 Å². The minimum atomic E-state index is -0.792. The number of nitrogens with zero attached hydrogens (tertiary/aromatic N) is 1. The predicted octanol–water partition coefficient (Wildman–Crippen LogP) is 4.34. The van der Waals surface area contributed by atoms with Crippen molar-refractivity contribution in [2.45, 2.75) is 83.3 Å². The number of unbranched alkanes of at least 4 members (excludes halogenated alkanes) is 3. The first-order chi connectivity index (χ1) is 14.2. The summed E-state index contributed by atoms with van der Waals surface area (Å²) in [6, 6.07) is 0. The van der Waals surface area contributed by atoms with Crippen LogP contribution in [0.2, 0.25) is 0 Å². The van der Waals surface area contributed by atoms with Gasteiger partial charge in [0.05, 0.1) is 18.8 Å². The van der Waals surface area contributed by atoms with E-state index in [1.807, 2.05) is 13.0 Å². The number of carbonyl (C=O) groups excluding carboxylic acids is 1. The van der Waals surface area contributed by atoms with E-state index in [4.69, 9.17) is 0 Å². The molecule has 0 bridgehead atoms. The van der Waals surface area contributed by atoms with Crippen molar-refractivity contribution >= 4 is 5.97 Å². The molecule has 0 aliphatic heterocycles. The summed E-state index contributed by atoms with van der Waals surface area (Å²) < 4.78 is 4.67. The molecule has 0 heterocycles. The minimum Gasteiger partial charge on any atom is -0.469 e. The molecule has 1 aliphatic rings. The van der Waals surface area contributed by atoms with Gasteiger partial charge in [-0.15, -0.1) is 0 Å². The normalized spacial score (nSPS) is 26.7. The third-order valence-corrected chi connectivity index (χ3v) is 6.20. The number of hydrogen-bond donors (Lipinski definition) is 2. The third-order valence-electron chi connectivity index (χ3n) is 6.20. The number of esters is 1. The zero-order chi connectivity index (χ0) is 22.6. The summed E-state index contributed by atoms with van der Waals surface area (Å²) in [6.45, 7) is 5.00. The van der Waals surface area contributed by atoms with Crippen molar-refractivity contribution < 1.29 is 19.7 Å². The smallest absolute Gasteiger partial charge is 0.305 e. The van der Waals surface area contributed by atoms with E-state index in [9.17, 15) is 15.0 Å². The molecule has 0 saturated heterocycles. The second kappa shape index (κ2) is 14.0. The van der Waals surface area contributed by atoms with Gasteiger partial charge in [-0.05, 0) is 70.9 Å². The van der Waals surface area contributed by atoms with Crippen LogP contribution in [-0.2, 0) is 9.53 Å². The molecule has 1 saturated carbocycles. The average molecular weight is 424 g/mol. The number of carbonyl (C=O) groups is 1. The molecule has 0 aromatic carbocycles. The summed E-state index contributed by atoms with van der Waals surface area (Å²) >= 11 is 0. The van der Waals surface area contributed by atoms with E-state index in [1.54, 1.807) is 0 Å². The number of aliphatic hydroxyl groups excluding tert-OH is 1. The SMILES string of the molecule is CCCCCC(C)(O)/C=C/[C@H]1[C@H](CN(C)C)C[C@H](O)[C@@H]1C/C=C\CCCC(=O)OC. The Kier molecular flexibility index (Phi) is 12.5. The van der Waals surface area contributed by atoms with Gasteiger partial charge in [0.1, 0.15) is 0 Å². The van der Waals surface area contributed by atoms with E-state index in [-0.39, 0.29) is 23.9 Å².